The molecule has 1 saturated heterocycles. The average molecular weight is 398 g/mol. The Morgan fingerprint density at radius 1 is 1.07 bits per heavy atom. The van der Waals surface area contributed by atoms with E-state index in [4.69, 9.17) is 13.1 Å². The lowest BCUT2D eigenvalue weighted by Crippen LogP contribution is -2.47. The molecule has 1 fully saturated rings. The van der Waals surface area contributed by atoms with Crippen LogP contribution in [0, 0.1) is 19.0 Å². The fourth-order valence-corrected chi connectivity index (χ4v) is 3.71. The Hall–Kier alpha value is -4.08. The minimum Gasteiger partial charge on any atom is -0.360 e. The van der Waals surface area contributed by atoms with Crippen LogP contribution >= 0.6 is 0 Å². The zero-order valence-corrected chi connectivity index (χ0v) is 15.8. The van der Waals surface area contributed by atoms with Gasteiger partial charge >= 0.3 is 0 Å². The molecule has 4 heterocycles. The van der Waals surface area contributed by atoms with Gasteiger partial charge in [-0.2, -0.15) is 0 Å². The van der Waals surface area contributed by atoms with Gasteiger partial charge in [0.1, 0.15) is 11.5 Å². The van der Waals surface area contributed by atoms with Crippen molar-refractivity contribution in [2.24, 2.45) is 0 Å². The zero-order valence-electron chi connectivity index (χ0n) is 15.8. The quantitative estimate of drug-likeness (QED) is 0.492. The molecule has 0 saturated carbocycles. The SMILES string of the molecule is [C-]#[N+]CN1CC(n2cnc(-c3ccc(F)cc3)c2-c2ccc3ncc([N+]#[C-])n3n2)C1. The molecular weight excluding hydrogens is 383 g/mol. The maximum atomic E-state index is 13.5. The minimum atomic E-state index is -0.312. The molecule has 30 heavy (non-hydrogen) atoms. The molecule has 1 aliphatic heterocycles. The van der Waals surface area contributed by atoms with Gasteiger partial charge in [0.15, 0.2) is 0 Å². The van der Waals surface area contributed by atoms with Gasteiger partial charge in [0.2, 0.25) is 5.65 Å². The molecule has 0 radical (unpaired) electrons. The predicted molar refractivity (Wildman–Crippen MR) is 108 cm³/mol. The van der Waals surface area contributed by atoms with Gasteiger partial charge in [-0.3, -0.25) is 4.85 Å². The summed E-state index contributed by atoms with van der Waals surface area (Å²) in [4.78, 5) is 17.8. The lowest BCUT2D eigenvalue weighted by molar-refractivity contribution is 0.122. The molecule has 1 aromatic carbocycles. The molecule has 0 bridgehead atoms. The van der Waals surface area contributed by atoms with Gasteiger partial charge in [-0.15, -0.1) is 4.52 Å². The van der Waals surface area contributed by atoms with E-state index in [0.29, 0.717) is 29.5 Å². The molecule has 4 aromatic rings. The maximum Gasteiger partial charge on any atom is 0.275 e. The topological polar surface area (TPSA) is 60.0 Å². The first-order chi connectivity index (χ1) is 14.7. The van der Waals surface area contributed by atoms with E-state index < -0.39 is 0 Å². The van der Waals surface area contributed by atoms with Crippen molar-refractivity contribution in [3.8, 4) is 22.6 Å². The van der Waals surface area contributed by atoms with Crippen molar-refractivity contribution in [1.82, 2.24) is 29.0 Å². The van der Waals surface area contributed by atoms with Crippen molar-refractivity contribution < 1.29 is 4.39 Å². The number of hydrogen-bond acceptors (Lipinski definition) is 4. The van der Waals surface area contributed by atoms with Crippen molar-refractivity contribution in [3.63, 3.8) is 0 Å². The first-order valence-corrected chi connectivity index (χ1v) is 9.29. The highest BCUT2D eigenvalue weighted by molar-refractivity contribution is 5.77. The third-order valence-corrected chi connectivity index (χ3v) is 5.21. The molecule has 0 unspecified atom stereocenters. The lowest BCUT2D eigenvalue weighted by atomic mass is 10.1. The normalized spacial score (nSPS) is 14.4. The molecule has 146 valence electrons. The molecule has 5 rings (SSSR count). The summed E-state index contributed by atoms with van der Waals surface area (Å²) < 4.78 is 17.0. The molecule has 0 spiro atoms. The van der Waals surface area contributed by atoms with Crippen molar-refractivity contribution in [3.05, 3.63) is 77.6 Å². The second kappa shape index (κ2) is 7.07. The maximum absolute atomic E-state index is 13.5. The molecule has 1 aliphatic rings. The van der Waals surface area contributed by atoms with Crippen molar-refractivity contribution >= 4 is 11.5 Å². The number of halogens is 1. The molecular formula is C21H15FN8. The van der Waals surface area contributed by atoms with Gasteiger partial charge in [0.05, 0.1) is 30.0 Å². The van der Waals surface area contributed by atoms with Gasteiger partial charge in [-0.25, -0.2) is 25.8 Å². The van der Waals surface area contributed by atoms with E-state index in [1.807, 2.05) is 12.1 Å². The first-order valence-electron chi connectivity index (χ1n) is 9.29. The van der Waals surface area contributed by atoms with Crippen LogP contribution in [0.3, 0.4) is 0 Å². The highest BCUT2D eigenvalue weighted by Crippen LogP contribution is 2.35. The van der Waals surface area contributed by atoms with Crippen LogP contribution in [0.2, 0.25) is 0 Å². The van der Waals surface area contributed by atoms with E-state index >= 15 is 0 Å². The van der Waals surface area contributed by atoms with Crippen LogP contribution in [0.1, 0.15) is 6.04 Å². The van der Waals surface area contributed by atoms with Gasteiger partial charge in [-0.05, 0) is 30.3 Å². The third kappa shape index (κ3) is 2.89. The second-order valence-corrected chi connectivity index (χ2v) is 7.06. The summed E-state index contributed by atoms with van der Waals surface area (Å²) in [5.74, 6) is 0.0151. The van der Waals surface area contributed by atoms with E-state index in [1.165, 1.54) is 22.8 Å². The molecule has 3 aromatic heterocycles. The van der Waals surface area contributed by atoms with Gasteiger partial charge in [0.25, 0.3) is 12.5 Å². The Morgan fingerprint density at radius 3 is 2.60 bits per heavy atom. The number of likely N-dealkylation sites (tertiary alicyclic amines) is 1. The Labute approximate surface area is 171 Å². The fraction of sp³-hybridized carbons (Fsp3) is 0.190. The number of rotatable bonds is 4. The summed E-state index contributed by atoms with van der Waals surface area (Å²) in [6, 6.07) is 10.0. The van der Waals surface area contributed by atoms with Crippen LogP contribution in [0.15, 0.2) is 48.9 Å². The highest BCUT2D eigenvalue weighted by atomic mass is 19.1. The number of imidazole rings is 2. The largest absolute Gasteiger partial charge is 0.360 e. The average Bonchev–Trinajstić information content (AvgIpc) is 3.34. The lowest BCUT2D eigenvalue weighted by Gasteiger charge is -2.37. The van der Waals surface area contributed by atoms with Crippen LogP contribution in [0.5, 0.6) is 0 Å². The van der Waals surface area contributed by atoms with Crippen LogP contribution in [0.4, 0.5) is 10.2 Å². The van der Waals surface area contributed by atoms with Gasteiger partial charge in [0, 0.05) is 24.7 Å². The van der Waals surface area contributed by atoms with Crippen LogP contribution < -0.4 is 0 Å². The zero-order chi connectivity index (χ0) is 20.7. The summed E-state index contributed by atoms with van der Waals surface area (Å²) in [5, 5.41) is 4.65. The molecule has 0 amide bonds. The smallest absolute Gasteiger partial charge is 0.275 e. The summed E-state index contributed by atoms with van der Waals surface area (Å²) in [5.41, 5.74) is 3.49. The molecule has 0 aliphatic carbocycles. The van der Waals surface area contributed by atoms with Crippen LogP contribution in [-0.2, 0) is 0 Å². The molecule has 0 N–H and O–H groups in total. The number of fused-ring (bicyclic) bond motifs is 1. The van der Waals surface area contributed by atoms with Gasteiger partial charge in [-0.1, -0.05) is 11.7 Å². The van der Waals surface area contributed by atoms with E-state index in [-0.39, 0.29) is 11.9 Å². The number of benzene rings is 1. The Balaban J connectivity index is 1.65. The van der Waals surface area contributed by atoms with E-state index in [9.17, 15) is 4.39 Å². The number of hydrogen-bond donors (Lipinski definition) is 0. The fourth-order valence-electron chi connectivity index (χ4n) is 3.71. The summed E-state index contributed by atoms with van der Waals surface area (Å²) >= 11 is 0. The summed E-state index contributed by atoms with van der Waals surface area (Å²) in [6.07, 6.45) is 3.26. The standard InChI is InChI=1S/C21H15FN8/c1-23-12-28-10-16(11-28)29-13-26-20(14-3-5-15(22)6-4-14)21(29)17-7-8-18-25-9-19(24-2)30(18)27-17/h3-9,13,16H,10-12H2. The van der Waals surface area contributed by atoms with Gasteiger partial charge < -0.3 is 9.41 Å². The van der Waals surface area contributed by atoms with E-state index in [2.05, 4.69) is 34.2 Å². The Kier molecular flexibility index (Phi) is 4.24. The molecule has 8 nitrogen and oxygen atoms in total. The molecule has 0 atom stereocenters. The first kappa shape index (κ1) is 18.0. The van der Waals surface area contributed by atoms with Crippen molar-refractivity contribution in [2.45, 2.75) is 6.04 Å². The summed E-state index contributed by atoms with van der Waals surface area (Å²) in [7, 11) is 0. The highest BCUT2D eigenvalue weighted by Gasteiger charge is 2.33. The van der Waals surface area contributed by atoms with Crippen molar-refractivity contribution in [1.29, 1.82) is 0 Å². The Bertz CT molecular complexity index is 1320. The monoisotopic (exact) mass is 398 g/mol. The summed E-state index contributed by atoms with van der Waals surface area (Å²) in [6.45, 7) is 16.2. The minimum absolute atomic E-state index is 0.157. The number of nitrogens with zero attached hydrogens (tertiary/aromatic N) is 8. The predicted octanol–water partition coefficient (Wildman–Crippen LogP) is 3.68. The van der Waals surface area contributed by atoms with Crippen molar-refractivity contribution in [2.75, 3.05) is 19.8 Å². The van der Waals surface area contributed by atoms with Crippen LogP contribution in [0.25, 0.3) is 38.0 Å². The second-order valence-electron chi connectivity index (χ2n) is 7.06. The third-order valence-electron chi connectivity index (χ3n) is 5.21. The number of aromatic nitrogens is 5. The van der Waals surface area contributed by atoms with E-state index in [0.717, 1.165) is 24.3 Å². The van der Waals surface area contributed by atoms with E-state index in [1.54, 1.807) is 18.5 Å². The molecule has 9 heteroatoms. The van der Waals surface area contributed by atoms with Crippen LogP contribution in [-0.4, -0.2) is 48.8 Å². The Morgan fingerprint density at radius 2 is 1.87 bits per heavy atom.